The summed E-state index contributed by atoms with van der Waals surface area (Å²) >= 11 is 0. The minimum Gasteiger partial charge on any atom is -0.478 e. The molecule has 7 heteroatoms. The summed E-state index contributed by atoms with van der Waals surface area (Å²) in [5.74, 6) is -1.09. The molecule has 1 aromatic carbocycles. The van der Waals surface area contributed by atoms with Crippen LogP contribution in [0.25, 0.3) is 0 Å². The number of pyridine rings is 1. The van der Waals surface area contributed by atoms with Crippen molar-refractivity contribution in [1.82, 2.24) is 4.98 Å². The van der Waals surface area contributed by atoms with Crippen LogP contribution in [0.15, 0.2) is 30.5 Å². The molecule has 0 aliphatic heterocycles. The number of aromatic nitrogens is 1. The van der Waals surface area contributed by atoms with Gasteiger partial charge in [-0.15, -0.1) is 0 Å². The molecule has 0 saturated heterocycles. The van der Waals surface area contributed by atoms with Crippen molar-refractivity contribution in [2.75, 3.05) is 0 Å². The Kier molecular flexibility index (Phi) is 3.84. The largest absolute Gasteiger partial charge is 0.478 e. The number of hydrogen-bond acceptors (Lipinski definition) is 5. The first kappa shape index (κ1) is 14.4. The van der Waals surface area contributed by atoms with Gasteiger partial charge in [-0.2, -0.15) is 0 Å². The number of benzene rings is 1. The zero-order valence-corrected chi connectivity index (χ0v) is 11.4. The third-order valence-electron chi connectivity index (χ3n) is 3.04. The smallest absolute Gasteiger partial charge is 0.337 e. The Labute approximate surface area is 120 Å². The van der Waals surface area contributed by atoms with Gasteiger partial charge in [0, 0.05) is 12.3 Å². The first-order valence-electron chi connectivity index (χ1n) is 6.02. The highest BCUT2D eigenvalue weighted by atomic mass is 16.6. The van der Waals surface area contributed by atoms with Gasteiger partial charge in [0.15, 0.2) is 0 Å². The minimum absolute atomic E-state index is 0.237. The van der Waals surface area contributed by atoms with Crippen LogP contribution >= 0.6 is 0 Å². The van der Waals surface area contributed by atoms with Crippen molar-refractivity contribution in [2.24, 2.45) is 0 Å². The number of carboxylic acids is 1. The van der Waals surface area contributed by atoms with Gasteiger partial charge in [0.05, 0.1) is 10.5 Å². The maximum absolute atomic E-state index is 11.0. The predicted molar refractivity (Wildman–Crippen MR) is 73.8 cm³/mol. The van der Waals surface area contributed by atoms with Crippen molar-refractivity contribution >= 4 is 11.7 Å². The molecule has 0 atom stereocenters. The predicted octanol–water partition coefficient (Wildman–Crippen LogP) is 3.10. The Balaban J connectivity index is 2.46. The molecule has 0 aliphatic rings. The van der Waals surface area contributed by atoms with Crippen LogP contribution < -0.4 is 4.74 Å². The summed E-state index contributed by atoms with van der Waals surface area (Å²) in [6.07, 6.45) is 1.02. The summed E-state index contributed by atoms with van der Waals surface area (Å²) in [5, 5.41) is 19.9. The monoisotopic (exact) mass is 288 g/mol. The molecule has 0 unspecified atom stereocenters. The van der Waals surface area contributed by atoms with Gasteiger partial charge in [-0.25, -0.2) is 9.78 Å². The van der Waals surface area contributed by atoms with Crippen LogP contribution in [0.1, 0.15) is 21.5 Å². The molecular formula is C14H12N2O5. The van der Waals surface area contributed by atoms with Crippen molar-refractivity contribution in [3.8, 4) is 11.6 Å². The normalized spacial score (nSPS) is 10.2. The summed E-state index contributed by atoms with van der Waals surface area (Å²) in [4.78, 5) is 24.9. The highest BCUT2D eigenvalue weighted by Gasteiger charge is 2.21. The first-order valence-corrected chi connectivity index (χ1v) is 6.02. The van der Waals surface area contributed by atoms with E-state index in [0.29, 0.717) is 5.75 Å². The number of carbonyl (C=O) groups is 1. The molecule has 1 heterocycles. The third kappa shape index (κ3) is 2.97. The highest BCUT2D eigenvalue weighted by Crippen LogP contribution is 2.32. The van der Waals surface area contributed by atoms with Crippen molar-refractivity contribution in [1.29, 1.82) is 0 Å². The fourth-order valence-electron chi connectivity index (χ4n) is 1.71. The molecule has 7 nitrogen and oxygen atoms in total. The molecule has 2 rings (SSSR count). The molecule has 0 aliphatic carbocycles. The number of nitro groups is 1. The fraction of sp³-hybridized carbons (Fsp3) is 0.143. The molecule has 108 valence electrons. The van der Waals surface area contributed by atoms with Gasteiger partial charge >= 0.3 is 11.7 Å². The van der Waals surface area contributed by atoms with E-state index in [9.17, 15) is 14.9 Å². The summed E-state index contributed by atoms with van der Waals surface area (Å²) in [5.41, 5.74) is 1.04. The fourth-order valence-corrected chi connectivity index (χ4v) is 1.71. The summed E-state index contributed by atoms with van der Waals surface area (Å²) < 4.78 is 5.47. The van der Waals surface area contributed by atoms with Crippen LogP contribution in [-0.2, 0) is 0 Å². The van der Waals surface area contributed by atoms with E-state index in [-0.39, 0.29) is 11.4 Å². The lowest BCUT2D eigenvalue weighted by atomic mass is 10.1. The quantitative estimate of drug-likeness (QED) is 0.685. The Hall–Kier alpha value is -2.96. The summed E-state index contributed by atoms with van der Waals surface area (Å²) in [7, 11) is 0. The Morgan fingerprint density at radius 2 is 2.10 bits per heavy atom. The third-order valence-corrected chi connectivity index (χ3v) is 3.04. The van der Waals surface area contributed by atoms with E-state index in [2.05, 4.69) is 4.98 Å². The standard InChI is InChI=1S/C14H12N2O5/c1-8-4-3-5-12(9(8)2)21-13-11(16(19)20)6-10(7-15-13)14(17)18/h3-7H,1-2H3,(H,17,18). The van der Waals surface area contributed by atoms with Gasteiger partial charge < -0.3 is 9.84 Å². The van der Waals surface area contributed by atoms with E-state index in [0.717, 1.165) is 23.4 Å². The summed E-state index contributed by atoms with van der Waals surface area (Å²) in [6, 6.07) is 6.24. The van der Waals surface area contributed by atoms with Gasteiger partial charge in [0.1, 0.15) is 5.75 Å². The maximum Gasteiger partial charge on any atom is 0.337 e. The second-order valence-corrected chi connectivity index (χ2v) is 4.41. The molecule has 0 bridgehead atoms. The molecule has 0 radical (unpaired) electrons. The van der Waals surface area contributed by atoms with Crippen LogP contribution in [0.2, 0.25) is 0 Å². The van der Waals surface area contributed by atoms with E-state index < -0.39 is 16.6 Å². The van der Waals surface area contributed by atoms with Crippen LogP contribution in [-0.4, -0.2) is 21.0 Å². The molecule has 0 saturated carbocycles. The van der Waals surface area contributed by atoms with E-state index in [1.54, 1.807) is 12.1 Å². The van der Waals surface area contributed by atoms with E-state index >= 15 is 0 Å². The number of aromatic carboxylic acids is 1. The zero-order chi connectivity index (χ0) is 15.6. The Morgan fingerprint density at radius 1 is 1.38 bits per heavy atom. The molecule has 21 heavy (non-hydrogen) atoms. The van der Waals surface area contributed by atoms with E-state index in [1.807, 2.05) is 19.9 Å². The van der Waals surface area contributed by atoms with Gasteiger partial charge in [-0.1, -0.05) is 12.1 Å². The average molecular weight is 288 g/mol. The average Bonchev–Trinajstić information content (AvgIpc) is 2.43. The zero-order valence-electron chi connectivity index (χ0n) is 11.4. The molecular weight excluding hydrogens is 276 g/mol. The lowest BCUT2D eigenvalue weighted by molar-refractivity contribution is -0.386. The molecule has 1 aromatic heterocycles. The lowest BCUT2D eigenvalue weighted by Crippen LogP contribution is -2.02. The summed E-state index contributed by atoms with van der Waals surface area (Å²) in [6.45, 7) is 3.71. The van der Waals surface area contributed by atoms with Crippen molar-refractivity contribution in [3.63, 3.8) is 0 Å². The topological polar surface area (TPSA) is 103 Å². The van der Waals surface area contributed by atoms with Crippen LogP contribution in [0.4, 0.5) is 5.69 Å². The molecule has 0 amide bonds. The van der Waals surface area contributed by atoms with Crippen molar-refractivity contribution in [3.05, 3.63) is 57.3 Å². The Bertz CT molecular complexity index is 727. The van der Waals surface area contributed by atoms with Crippen LogP contribution in [0, 0.1) is 24.0 Å². The molecule has 0 spiro atoms. The molecule has 2 aromatic rings. The number of carboxylic acid groups (broad SMARTS) is 1. The molecule has 1 N–H and O–H groups in total. The Morgan fingerprint density at radius 3 is 2.71 bits per heavy atom. The number of hydrogen-bond donors (Lipinski definition) is 1. The molecule has 0 fully saturated rings. The lowest BCUT2D eigenvalue weighted by Gasteiger charge is -2.10. The van der Waals surface area contributed by atoms with Crippen LogP contribution in [0.3, 0.4) is 0 Å². The number of ether oxygens (including phenoxy) is 1. The first-order chi connectivity index (χ1) is 9.90. The van der Waals surface area contributed by atoms with Gasteiger partial charge in [-0.3, -0.25) is 10.1 Å². The maximum atomic E-state index is 11.0. The second-order valence-electron chi connectivity index (χ2n) is 4.41. The number of nitrogens with zero attached hydrogens (tertiary/aromatic N) is 2. The second kappa shape index (κ2) is 5.58. The minimum atomic E-state index is -1.29. The highest BCUT2D eigenvalue weighted by molar-refractivity contribution is 5.88. The van der Waals surface area contributed by atoms with Gasteiger partial charge in [0.2, 0.25) is 0 Å². The van der Waals surface area contributed by atoms with Crippen molar-refractivity contribution < 1.29 is 19.6 Å². The van der Waals surface area contributed by atoms with Crippen LogP contribution in [0.5, 0.6) is 11.6 Å². The number of aryl methyl sites for hydroxylation is 1. The van der Waals surface area contributed by atoms with Crippen molar-refractivity contribution in [2.45, 2.75) is 13.8 Å². The SMILES string of the molecule is Cc1cccc(Oc2ncc(C(=O)O)cc2[N+](=O)[O-])c1C. The van der Waals surface area contributed by atoms with Gasteiger partial charge in [0.25, 0.3) is 5.88 Å². The van der Waals surface area contributed by atoms with Gasteiger partial charge in [-0.05, 0) is 31.0 Å². The van der Waals surface area contributed by atoms with E-state index in [4.69, 9.17) is 9.84 Å². The van der Waals surface area contributed by atoms with E-state index in [1.165, 1.54) is 0 Å². The number of rotatable bonds is 4.